The van der Waals surface area contributed by atoms with E-state index in [0.29, 0.717) is 5.92 Å². The van der Waals surface area contributed by atoms with Crippen molar-refractivity contribution in [1.82, 2.24) is 0 Å². The second kappa shape index (κ2) is 16.9. The molecule has 0 amide bonds. The molecular weight excluding hydrogens is 352 g/mol. The molecule has 0 fully saturated rings. The Hall–Kier alpha value is -1.19. The lowest BCUT2D eigenvalue weighted by Gasteiger charge is -2.16. The smallest absolute Gasteiger partial charge is 0.144 e. The van der Waals surface area contributed by atoms with Crippen LogP contribution in [0.5, 0.6) is 5.75 Å². The molecule has 0 bridgehead atoms. The minimum Gasteiger partial charge on any atom is -0.493 e. The summed E-state index contributed by atoms with van der Waals surface area (Å²) in [5.74, 6) is 1.63. The van der Waals surface area contributed by atoms with Gasteiger partial charge in [-0.1, -0.05) is 71.7 Å². The molecule has 27 heavy (non-hydrogen) atoms. The van der Waals surface area contributed by atoms with Crippen molar-refractivity contribution in [2.24, 2.45) is 5.92 Å². The van der Waals surface area contributed by atoms with Gasteiger partial charge in [-0.25, -0.2) is 0 Å². The predicted molar refractivity (Wildman–Crippen MR) is 125 cm³/mol. The Bertz CT molecular complexity index is 594. The normalized spacial score (nSPS) is 11.1. The number of thiol groups is 1. The van der Waals surface area contributed by atoms with E-state index in [2.05, 4.69) is 57.2 Å². The maximum absolute atomic E-state index is 6.05. The van der Waals surface area contributed by atoms with Gasteiger partial charge < -0.3 is 9.47 Å². The summed E-state index contributed by atoms with van der Waals surface area (Å²) in [5, 5.41) is 2.31. The summed E-state index contributed by atoms with van der Waals surface area (Å²) in [6, 6.07) is 12.3. The van der Waals surface area contributed by atoms with Gasteiger partial charge in [-0.05, 0) is 29.9 Å². The Morgan fingerprint density at radius 1 is 0.926 bits per heavy atom. The van der Waals surface area contributed by atoms with Gasteiger partial charge in [0, 0.05) is 23.6 Å². The molecule has 2 nitrogen and oxygen atoms in total. The van der Waals surface area contributed by atoms with Gasteiger partial charge in [-0.15, -0.1) is 12.6 Å². The van der Waals surface area contributed by atoms with Crippen LogP contribution < -0.4 is 4.74 Å². The maximum atomic E-state index is 6.05. The molecule has 0 heterocycles. The fourth-order valence-corrected chi connectivity index (χ4v) is 2.99. The van der Waals surface area contributed by atoms with Crippen molar-refractivity contribution in [1.29, 1.82) is 0 Å². The molecule has 1 unspecified atom stereocenters. The first-order valence-corrected chi connectivity index (χ1v) is 11.1. The Kier molecular flexibility index (Phi) is 16.2. The lowest BCUT2D eigenvalue weighted by Crippen LogP contribution is -2.11. The highest BCUT2D eigenvalue weighted by Gasteiger charge is 2.09. The molecular formula is C24H41O2S+. The molecule has 0 aliphatic rings. The monoisotopic (exact) mass is 393 g/mol. The number of rotatable bonds is 9. The van der Waals surface area contributed by atoms with Crippen molar-refractivity contribution in [3.05, 3.63) is 36.4 Å². The molecule has 0 spiro atoms. The summed E-state index contributed by atoms with van der Waals surface area (Å²) in [6.07, 6.45) is 4.82. The van der Waals surface area contributed by atoms with Crippen molar-refractivity contribution < 1.29 is 9.47 Å². The molecule has 2 rings (SSSR count). The largest absolute Gasteiger partial charge is 0.493 e. The van der Waals surface area contributed by atoms with Gasteiger partial charge in [0.15, 0.2) is 0 Å². The van der Waals surface area contributed by atoms with Gasteiger partial charge in [-0.2, -0.15) is 0 Å². The minimum atomic E-state index is 0.652. The first-order chi connectivity index (χ1) is 13.2. The van der Waals surface area contributed by atoms with Crippen LogP contribution in [0.1, 0.15) is 67.2 Å². The summed E-state index contributed by atoms with van der Waals surface area (Å²) >= 11 is 4.50. The topological polar surface area (TPSA) is 22.0 Å². The zero-order valence-corrected chi connectivity index (χ0v) is 19.2. The predicted octanol–water partition coefficient (Wildman–Crippen LogP) is 7.30. The van der Waals surface area contributed by atoms with Crippen LogP contribution in [-0.2, 0) is 0 Å². The summed E-state index contributed by atoms with van der Waals surface area (Å²) in [5.41, 5.74) is 0. The fourth-order valence-electron chi connectivity index (χ4n) is 2.72. The number of fused-ring (bicyclic) bond motifs is 1. The van der Waals surface area contributed by atoms with Crippen LogP contribution in [0.3, 0.4) is 0 Å². The average molecular weight is 394 g/mol. The van der Waals surface area contributed by atoms with Gasteiger partial charge in [0.25, 0.3) is 0 Å². The van der Waals surface area contributed by atoms with E-state index in [1.807, 2.05) is 38.1 Å². The number of hydrogen-bond donors (Lipinski definition) is 1. The zero-order valence-electron chi connectivity index (χ0n) is 18.3. The van der Waals surface area contributed by atoms with Crippen LogP contribution >= 0.6 is 12.6 Å². The van der Waals surface area contributed by atoms with E-state index in [-0.39, 0.29) is 0 Å². The summed E-state index contributed by atoms with van der Waals surface area (Å²) in [6.45, 7) is 15.5. The number of hydrogen-bond acceptors (Lipinski definition) is 2. The Labute approximate surface area is 173 Å². The van der Waals surface area contributed by atoms with E-state index >= 15 is 0 Å². The van der Waals surface area contributed by atoms with Gasteiger partial charge in [0.05, 0.1) is 6.61 Å². The highest BCUT2D eigenvalue weighted by molar-refractivity contribution is 7.80. The van der Waals surface area contributed by atoms with E-state index in [9.17, 15) is 0 Å². The van der Waals surface area contributed by atoms with Crippen molar-refractivity contribution >= 4 is 23.4 Å². The SMILES string of the molecule is CC.CCCC(CC)COc1ccc(S)c2ccccc12.CCC[OH+]CC. The van der Waals surface area contributed by atoms with Crippen LogP contribution in [-0.4, -0.2) is 24.6 Å². The Morgan fingerprint density at radius 2 is 1.59 bits per heavy atom. The highest BCUT2D eigenvalue weighted by atomic mass is 32.1. The third-order valence-corrected chi connectivity index (χ3v) is 4.61. The van der Waals surface area contributed by atoms with E-state index < -0.39 is 0 Å². The molecule has 0 saturated carbocycles. The molecule has 2 aromatic carbocycles. The fraction of sp³-hybridized carbons (Fsp3) is 0.583. The van der Waals surface area contributed by atoms with E-state index in [4.69, 9.17) is 4.74 Å². The van der Waals surface area contributed by atoms with E-state index in [1.54, 1.807) is 0 Å². The Morgan fingerprint density at radius 3 is 2.11 bits per heavy atom. The molecule has 0 aromatic heterocycles. The molecule has 1 N–H and O–H groups in total. The van der Waals surface area contributed by atoms with Crippen molar-refractivity contribution in [2.45, 2.75) is 72.1 Å². The molecule has 1 atom stereocenters. The lowest BCUT2D eigenvalue weighted by atomic mass is 10.0. The average Bonchev–Trinajstić information content (AvgIpc) is 2.73. The van der Waals surface area contributed by atoms with Gasteiger partial charge >= 0.3 is 0 Å². The van der Waals surface area contributed by atoms with Gasteiger partial charge in [-0.3, -0.25) is 0 Å². The minimum absolute atomic E-state index is 0.652. The molecule has 0 aliphatic heterocycles. The van der Waals surface area contributed by atoms with Gasteiger partial charge in [0.1, 0.15) is 19.0 Å². The van der Waals surface area contributed by atoms with E-state index in [0.717, 1.165) is 41.2 Å². The first kappa shape index (κ1) is 25.8. The number of ether oxygens (including phenoxy) is 2. The van der Waals surface area contributed by atoms with Crippen LogP contribution in [0.25, 0.3) is 10.8 Å². The van der Waals surface area contributed by atoms with Crippen LogP contribution in [0.15, 0.2) is 41.3 Å². The van der Waals surface area contributed by atoms with Crippen LogP contribution in [0.2, 0.25) is 0 Å². The molecule has 0 aliphatic carbocycles. The molecule has 0 radical (unpaired) electrons. The standard InChI is InChI=1S/C17H22OS.C5H12O.C2H6/c1-3-7-13(4-2)12-18-16-10-11-17(19)15-9-6-5-8-14(15)16;1-3-5-6-4-2;1-2/h5-6,8-11,13,19H,3-4,7,12H2,1-2H3;3-5H2,1-2H3;1-2H3/p+1. The number of aliphatic hydroxyl groups is 2. The van der Waals surface area contributed by atoms with Crippen LogP contribution in [0.4, 0.5) is 0 Å². The van der Waals surface area contributed by atoms with Gasteiger partial charge in [0.2, 0.25) is 0 Å². The van der Waals surface area contributed by atoms with Crippen LogP contribution in [0, 0.1) is 5.92 Å². The third kappa shape index (κ3) is 10.1. The second-order valence-corrected chi connectivity index (χ2v) is 6.75. The molecule has 154 valence electrons. The molecule has 0 saturated heterocycles. The quantitative estimate of drug-likeness (QED) is 0.269. The maximum Gasteiger partial charge on any atom is 0.144 e. The zero-order chi connectivity index (χ0) is 20.5. The third-order valence-electron chi connectivity index (χ3n) is 4.22. The summed E-state index contributed by atoms with van der Waals surface area (Å²) in [4.78, 5) is 1.00. The van der Waals surface area contributed by atoms with Crippen molar-refractivity contribution in [2.75, 3.05) is 19.8 Å². The van der Waals surface area contributed by atoms with E-state index in [1.165, 1.54) is 25.7 Å². The second-order valence-electron chi connectivity index (χ2n) is 6.27. The first-order valence-electron chi connectivity index (χ1n) is 10.6. The van der Waals surface area contributed by atoms with Crippen molar-refractivity contribution in [3.63, 3.8) is 0 Å². The van der Waals surface area contributed by atoms with Crippen molar-refractivity contribution in [3.8, 4) is 5.75 Å². The summed E-state index contributed by atoms with van der Waals surface area (Å²) in [7, 11) is 0. The molecule has 3 heteroatoms. The lowest BCUT2D eigenvalue weighted by molar-refractivity contribution is -0.0272. The Balaban J connectivity index is 0.000000722. The molecule has 2 aromatic rings. The number of benzene rings is 2. The highest BCUT2D eigenvalue weighted by Crippen LogP contribution is 2.30. The summed E-state index contributed by atoms with van der Waals surface area (Å²) < 4.78 is 10.1.